The van der Waals surface area contributed by atoms with Crippen molar-refractivity contribution in [3.63, 3.8) is 0 Å². The first kappa shape index (κ1) is 10.9. The summed E-state index contributed by atoms with van der Waals surface area (Å²) < 4.78 is 0. The van der Waals surface area contributed by atoms with E-state index in [1.54, 1.807) is 11.3 Å². The monoisotopic (exact) mass is 225 g/mol. The molecule has 3 N–H and O–H groups in total. The molecule has 15 heavy (non-hydrogen) atoms. The van der Waals surface area contributed by atoms with Crippen molar-refractivity contribution in [1.29, 1.82) is 0 Å². The molecule has 3 nitrogen and oxygen atoms in total. The van der Waals surface area contributed by atoms with Crippen LogP contribution in [-0.4, -0.2) is 17.6 Å². The van der Waals surface area contributed by atoms with Crippen molar-refractivity contribution in [2.75, 3.05) is 11.9 Å². The number of nitrogens with two attached hydrogens (primary N) is 1. The highest BCUT2D eigenvalue weighted by molar-refractivity contribution is 7.13. The molecule has 84 valence electrons. The smallest absolute Gasteiger partial charge is 0.182 e. The van der Waals surface area contributed by atoms with Crippen LogP contribution in [0.1, 0.15) is 31.4 Å². The Kier molecular flexibility index (Phi) is 3.59. The number of rotatable bonds is 3. The summed E-state index contributed by atoms with van der Waals surface area (Å²) in [6.45, 7) is 3.05. The van der Waals surface area contributed by atoms with Crippen LogP contribution in [-0.2, 0) is 0 Å². The highest BCUT2D eigenvalue weighted by Crippen LogP contribution is 2.24. The Balaban J connectivity index is 1.77. The van der Waals surface area contributed by atoms with E-state index in [1.165, 1.54) is 19.3 Å². The number of hydrogen-bond acceptors (Lipinski definition) is 4. The number of aryl methyl sites for hydroxylation is 1. The fourth-order valence-electron chi connectivity index (χ4n) is 2.18. The summed E-state index contributed by atoms with van der Waals surface area (Å²) in [6.07, 6.45) is 4.96. The average molecular weight is 225 g/mol. The van der Waals surface area contributed by atoms with Gasteiger partial charge in [0.2, 0.25) is 0 Å². The number of hydrogen-bond donors (Lipinski definition) is 2. The van der Waals surface area contributed by atoms with Gasteiger partial charge in [0.1, 0.15) is 0 Å². The maximum atomic E-state index is 5.96. The van der Waals surface area contributed by atoms with E-state index >= 15 is 0 Å². The Hall–Kier alpha value is -0.610. The zero-order valence-corrected chi connectivity index (χ0v) is 10.0. The molecule has 2 unspecified atom stereocenters. The highest BCUT2D eigenvalue weighted by Gasteiger charge is 2.18. The first-order valence-electron chi connectivity index (χ1n) is 5.65. The Labute approximate surface area is 95.1 Å². The summed E-state index contributed by atoms with van der Waals surface area (Å²) in [4.78, 5) is 4.39. The Bertz CT molecular complexity index is 311. The summed E-state index contributed by atoms with van der Waals surface area (Å²) >= 11 is 1.69. The quantitative estimate of drug-likeness (QED) is 0.830. The lowest BCUT2D eigenvalue weighted by atomic mass is 9.86. The van der Waals surface area contributed by atoms with E-state index in [0.29, 0.717) is 6.04 Å². The van der Waals surface area contributed by atoms with Gasteiger partial charge >= 0.3 is 0 Å². The van der Waals surface area contributed by atoms with E-state index in [2.05, 4.69) is 15.7 Å². The summed E-state index contributed by atoms with van der Waals surface area (Å²) in [7, 11) is 0. The van der Waals surface area contributed by atoms with Crippen molar-refractivity contribution < 1.29 is 0 Å². The molecule has 2 atom stereocenters. The van der Waals surface area contributed by atoms with Crippen LogP contribution in [0.5, 0.6) is 0 Å². The minimum absolute atomic E-state index is 0.420. The number of nitrogens with one attached hydrogen (secondary N) is 1. The Morgan fingerprint density at radius 2 is 2.47 bits per heavy atom. The van der Waals surface area contributed by atoms with Crippen LogP contribution in [0.2, 0.25) is 0 Å². The van der Waals surface area contributed by atoms with E-state index in [9.17, 15) is 0 Å². The molecule has 0 bridgehead atoms. The largest absolute Gasteiger partial charge is 0.361 e. The van der Waals surface area contributed by atoms with Crippen molar-refractivity contribution >= 4 is 16.5 Å². The fourth-order valence-corrected chi connectivity index (χ4v) is 2.88. The predicted octanol–water partition coefficient (Wildman–Crippen LogP) is 2.38. The van der Waals surface area contributed by atoms with Crippen molar-refractivity contribution in [2.45, 2.75) is 38.6 Å². The topological polar surface area (TPSA) is 50.9 Å². The van der Waals surface area contributed by atoms with Gasteiger partial charge in [-0.15, -0.1) is 11.3 Å². The van der Waals surface area contributed by atoms with Crippen LogP contribution in [0.4, 0.5) is 5.13 Å². The van der Waals surface area contributed by atoms with Gasteiger partial charge in [0.05, 0.1) is 5.69 Å². The fraction of sp³-hybridized carbons (Fsp3) is 0.727. The molecule has 1 fully saturated rings. The standard InChI is InChI=1S/C11H19N3S/c1-8-7-15-11(14-8)13-6-9-3-2-4-10(12)5-9/h7,9-10H,2-6,12H2,1H3,(H,13,14). The van der Waals surface area contributed by atoms with Crippen LogP contribution in [0.3, 0.4) is 0 Å². The molecule has 1 aromatic rings. The second-order valence-electron chi connectivity index (χ2n) is 4.47. The minimum atomic E-state index is 0.420. The Morgan fingerprint density at radius 1 is 1.60 bits per heavy atom. The van der Waals surface area contributed by atoms with Gasteiger partial charge in [0.25, 0.3) is 0 Å². The van der Waals surface area contributed by atoms with Gasteiger partial charge in [0, 0.05) is 18.0 Å². The van der Waals surface area contributed by atoms with Crippen molar-refractivity contribution in [3.8, 4) is 0 Å². The molecule has 1 saturated carbocycles. The number of aromatic nitrogens is 1. The normalized spacial score (nSPS) is 26.5. The third kappa shape index (κ3) is 3.18. The third-order valence-corrected chi connectivity index (χ3v) is 3.90. The van der Waals surface area contributed by atoms with Crippen LogP contribution in [0.25, 0.3) is 0 Å². The van der Waals surface area contributed by atoms with E-state index in [-0.39, 0.29) is 0 Å². The molecule has 0 aliphatic heterocycles. The molecule has 0 amide bonds. The van der Waals surface area contributed by atoms with Crippen LogP contribution < -0.4 is 11.1 Å². The molecule has 1 heterocycles. The lowest BCUT2D eigenvalue weighted by molar-refractivity contribution is 0.335. The van der Waals surface area contributed by atoms with E-state index < -0.39 is 0 Å². The van der Waals surface area contributed by atoms with Crippen LogP contribution in [0, 0.1) is 12.8 Å². The summed E-state index contributed by atoms with van der Waals surface area (Å²) in [5.41, 5.74) is 7.06. The molecule has 2 rings (SSSR count). The van der Waals surface area contributed by atoms with Crippen LogP contribution in [0.15, 0.2) is 5.38 Å². The van der Waals surface area contributed by atoms with Gasteiger partial charge in [-0.25, -0.2) is 4.98 Å². The van der Waals surface area contributed by atoms with Gasteiger partial charge < -0.3 is 11.1 Å². The van der Waals surface area contributed by atoms with Gasteiger partial charge in [-0.2, -0.15) is 0 Å². The number of thiazole rings is 1. The van der Waals surface area contributed by atoms with Gasteiger partial charge in [-0.1, -0.05) is 6.42 Å². The first-order chi connectivity index (χ1) is 7.24. The molecule has 1 aromatic heterocycles. The maximum Gasteiger partial charge on any atom is 0.182 e. The molecule has 4 heteroatoms. The molecule has 0 saturated heterocycles. The van der Waals surface area contributed by atoms with E-state index in [0.717, 1.165) is 29.7 Å². The minimum Gasteiger partial charge on any atom is -0.361 e. The molecule has 1 aliphatic rings. The molecule has 1 aliphatic carbocycles. The summed E-state index contributed by atoms with van der Waals surface area (Å²) in [5.74, 6) is 0.734. The average Bonchev–Trinajstić information content (AvgIpc) is 2.62. The molecule has 0 aromatic carbocycles. The SMILES string of the molecule is Cc1csc(NCC2CCCC(N)C2)n1. The van der Waals surface area contributed by atoms with Gasteiger partial charge in [-0.05, 0) is 32.1 Å². The molecular formula is C11H19N3S. The number of nitrogens with zero attached hydrogens (tertiary/aromatic N) is 1. The van der Waals surface area contributed by atoms with E-state index in [1.807, 2.05) is 6.92 Å². The van der Waals surface area contributed by atoms with Gasteiger partial charge in [-0.3, -0.25) is 0 Å². The summed E-state index contributed by atoms with van der Waals surface area (Å²) in [6, 6.07) is 0.420. The highest BCUT2D eigenvalue weighted by atomic mass is 32.1. The lowest BCUT2D eigenvalue weighted by Gasteiger charge is -2.26. The molecule has 0 spiro atoms. The molecule has 0 radical (unpaired) electrons. The lowest BCUT2D eigenvalue weighted by Crippen LogP contribution is -2.30. The van der Waals surface area contributed by atoms with Crippen molar-refractivity contribution in [3.05, 3.63) is 11.1 Å². The Morgan fingerprint density at radius 3 is 3.13 bits per heavy atom. The second kappa shape index (κ2) is 4.94. The second-order valence-corrected chi connectivity index (χ2v) is 5.33. The summed E-state index contributed by atoms with van der Waals surface area (Å²) in [5, 5.41) is 6.53. The maximum absolute atomic E-state index is 5.96. The zero-order chi connectivity index (χ0) is 10.7. The van der Waals surface area contributed by atoms with E-state index in [4.69, 9.17) is 5.73 Å². The van der Waals surface area contributed by atoms with Crippen molar-refractivity contribution in [2.24, 2.45) is 11.7 Å². The first-order valence-corrected chi connectivity index (χ1v) is 6.53. The van der Waals surface area contributed by atoms with Gasteiger partial charge in [0.15, 0.2) is 5.13 Å². The van der Waals surface area contributed by atoms with Crippen molar-refractivity contribution in [1.82, 2.24) is 4.98 Å². The zero-order valence-electron chi connectivity index (χ0n) is 9.20. The van der Waals surface area contributed by atoms with Crippen LogP contribution >= 0.6 is 11.3 Å². The predicted molar refractivity (Wildman–Crippen MR) is 65.3 cm³/mol. The third-order valence-electron chi connectivity index (χ3n) is 2.98. The molecular weight excluding hydrogens is 206 g/mol. The number of anilines is 1.